The molecule has 0 aliphatic carbocycles. The maximum Gasteiger partial charge on any atom is 0.222 e. The average molecular weight is 241 g/mol. The zero-order valence-electron chi connectivity index (χ0n) is 10.7. The monoisotopic (exact) mass is 241 g/mol. The molecule has 0 atom stereocenters. The number of aromatic nitrogens is 2. The van der Waals surface area contributed by atoms with E-state index >= 15 is 0 Å². The molecule has 18 heavy (non-hydrogen) atoms. The van der Waals surface area contributed by atoms with Gasteiger partial charge < -0.3 is 14.8 Å². The fourth-order valence-corrected chi connectivity index (χ4v) is 2.52. The molecule has 0 saturated carbocycles. The van der Waals surface area contributed by atoms with E-state index in [0.717, 1.165) is 11.3 Å². The van der Waals surface area contributed by atoms with E-state index in [1.807, 2.05) is 7.05 Å². The van der Waals surface area contributed by atoms with Gasteiger partial charge in [0.2, 0.25) is 5.88 Å². The van der Waals surface area contributed by atoms with E-state index in [9.17, 15) is 0 Å². The molecule has 0 amide bonds. The minimum Gasteiger partial charge on any atom is -0.368 e. The normalized spacial score (nSPS) is 11.3. The Morgan fingerprint density at radius 1 is 1.22 bits per heavy atom. The smallest absolute Gasteiger partial charge is 0.222 e. The molecule has 2 aromatic heterocycles. The molecule has 2 N–H and O–H groups in total. The highest BCUT2D eigenvalue weighted by molar-refractivity contribution is 5.99. The second-order valence-electron chi connectivity index (χ2n) is 4.69. The molecule has 0 aliphatic rings. The first kappa shape index (κ1) is 10.9. The maximum absolute atomic E-state index is 5.60. The molecule has 4 nitrogen and oxygen atoms in total. The SMILES string of the molecule is Cc1ccc(C)c2c1c(-c1cc(N)on1)cn2C. The van der Waals surface area contributed by atoms with Crippen molar-refractivity contribution in [2.45, 2.75) is 13.8 Å². The highest BCUT2D eigenvalue weighted by Crippen LogP contribution is 2.34. The number of hydrogen-bond donors (Lipinski definition) is 1. The molecule has 1 aromatic carbocycles. The Hall–Kier alpha value is -2.23. The summed E-state index contributed by atoms with van der Waals surface area (Å²) in [7, 11) is 2.04. The first-order chi connectivity index (χ1) is 8.58. The van der Waals surface area contributed by atoms with Crippen LogP contribution in [0.25, 0.3) is 22.2 Å². The van der Waals surface area contributed by atoms with Crippen molar-refractivity contribution < 1.29 is 4.52 Å². The zero-order valence-corrected chi connectivity index (χ0v) is 10.7. The van der Waals surface area contributed by atoms with Crippen molar-refractivity contribution in [3.05, 3.63) is 35.5 Å². The number of aryl methyl sites for hydroxylation is 3. The third-order valence-electron chi connectivity index (χ3n) is 3.34. The fourth-order valence-electron chi connectivity index (χ4n) is 2.52. The van der Waals surface area contributed by atoms with Gasteiger partial charge in [-0.05, 0) is 25.0 Å². The third kappa shape index (κ3) is 1.42. The zero-order chi connectivity index (χ0) is 12.9. The molecule has 3 aromatic rings. The van der Waals surface area contributed by atoms with Gasteiger partial charge in [-0.15, -0.1) is 0 Å². The summed E-state index contributed by atoms with van der Waals surface area (Å²) in [6.45, 7) is 4.22. The third-order valence-corrected chi connectivity index (χ3v) is 3.34. The standard InChI is InChI=1S/C14H15N3O/c1-8-4-5-9(2)14-13(8)10(7-17(14)3)11-6-12(15)18-16-11/h4-7H,15H2,1-3H3. The first-order valence-electron chi connectivity index (χ1n) is 5.85. The van der Waals surface area contributed by atoms with Gasteiger partial charge in [0.15, 0.2) is 0 Å². The molecule has 92 valence electrons. The maximum atomic E-state index is 5.60. The van der Waals surface area contributed by atoms with E-state index in [4.69, 9.17) is 10.3 Å². The lowest BCUT2D eigenvalue weighted by Gasteiger charge is -2.03. The largest absolute Gasteiger partial charge is 0.368 e. The van der Waals surface area contributed by atoms with Crippen molar-refractivity contribution in [1.29, 1.82) is 0 Å². The van der Waals surface area contributed by atoms with Crippen molar-refractivity contribution in [3.8, 4) is 11.3 Å². The summed E-state index contributed by atoms with van der Waals surface area (Å²) in [5, 5.41) is 5.22. The molecule has 0 bridgehead atoms. The summed E-state index contributed by atoms with van der Waals surface area (Å²) in [5.41, 5.74) is 11.2. The van der Waals surface area contributed by atoms with Crippen LogP contribution in [0.2, 0.25) is 0 Å². The average Bonchev–Trinajstić information content (AvgIpc) is 2.89. The van der Waals surface area contributed by atoms with Gasteiger partial charge >= 0.3 is 0 Å². The van der Waals surface area contributed by atoms with Gasteiger partial charge in [0.25, 0.3) is 0 Å². The fraction of sp³-hybridized carbons (Fsp3) is 0.214. The molecule has 0 aliphatic heterocycles. The Kier molecular flexibility index (Phi) is 2.20. The van der Waals surface area contributed by atoms with Gasteiger partial charge in [0.1, 0.15) is 5.69 Å². The number of nitrogen functional groups attached to an aromatic ring is 1. The Morgan fingerprint density at radius 3 is 2.61 bits per heavy atom. The number of anilines is 1. The Labute approximate surface area is 105 Å². The summed E-state index contributed by atoms with van der Waals surface area (Å²) in [6, 6.07) is 6.03. The van der Waals surface area contributed by atoms with Gasteiger partial charge in [-0.25, -0.2) is 0 Å². The van der Waals surface area contributed by atoms with Crippen LogP contribution in [0.5, 0.6) is 0 Å². The summed E-state index contributed by atoms with van der Waals surface area (Å²) in [4.78, 5) is 0. The second-order valence-corrected chi connectivity index (χ2v) is 4.69. The molecular weight excluding hydrogens is 226 g/mol. The number of nitrogens with zero attached hydrogens (tertiary/aromatic N) is 2. The molecule has 0 spiro atoms. The Morgan fingerprint density at radius 2 is 1.94 bits per heavy atom. The first-order valence-corrected chi connectivity index (χ1v) is 5.85. The van der Waals surface area contributed by atoms with Gasteiger partial charge in [-0.3, -0.25) is 0 Å². The van der Waals surface area contributed by atoms with E-state index in [2.05, 4.69) is 41.9 Å². The van der Waals surface area contributed by atoms with Gasteiger partial charge in [0.05, 0.1) is 5.52 Å². The molecule has 0 radical (unpaired) electrons. The number of fused-ring (bicyclic) bond motifs is 1. The lowest BCUT2D eigenvalue weighted by molar-refractivity contribution is 0.439. The molecule has 0 unspecified atom stereocenters. The molecule has 3 rings (SSSR count). The van der Waals surface area contributed by atoms with Crippen molar-refractivity contribution in [3.63, 3.8) is 0 Å². The molecule has 0 saturated heterocycles. The van der Waals surface area contributed by atoms with E-state index in [0.29, 0.717) is 5.88 Å². The van der Waals surface area contributed by atoms with Gasteiger partial charge in [0, 0.05) is 30.3 Å². The topological polar surface area (TPSA) is 57.0 Å². The summed E-state index contributed by atoms with van der Waals surface area (Å²) >= 11 is 0. The van der Waals surface area contributed by atoms with Crippen LogP contribution >= 0.6 is 0 Å². The van der Waals surface area contributed by atoms with Crippen LogP contribution < -0.4 is 5.73 Å². The van der Waals surface area contributed by atoms with Crippen molar-refractivity contribution in [2.75, 3.05) is 5.73 Å². The van der Waals surface area contributed by atoms with Crippen LogP contribution in [0.15, 0.2) is 28.9 Å². The Balaban J connectivity index is 2.41. The second kappa shape index (κ2) is 3.63. The van der Waals surface area contributed by atoms with E-state index in [-0.39, 0.29) is 0 Å². The molecule has 2 heterocycles. The molecular formula is C14H15N3O. The van der Waals surface area contributed by atoms with E-state index in [1.165, 1.54) is 22.0 Å². The highest BCUT2D eigenvalue weighted by atomic mass is 16.5. The summed E-state index contributed by atoms with van der Waals surface area (Å²) in [6.07, 6.45) is 2.07. The lowest BCUT2D eigenvalue weighted by atomic mass is 10.0. The van der Waals surface area contributed by atoms with Crippen LogP contribution in [0, 0.1) is 13.8 Å². The van der Waals surface area contributed by atoms with E-state index < -0.39 is 0 Å². The van der Waals surface area contributed by atoms with Crippen LogP contribution in [-0.4, -0.2) is 9.72 Å². The van der Waals surface area contributed by atoms with Crippen LogP contribution in [0.1, 0.15) is 11.1 Å². The van der Waals surface area contributed by atoms with Crippen LogP contribution in [-0.2, 0) is 7.05 Å². The summed E-state index contributed by atoms with van der Waals surface area (Å²) in [5.74, 6) is 0.340. The van der Waals surface area contributed by atoms with Gasteiger partial charge in [-0.1, -0.05) is 17.3 Å². The summed E-state index contributed by atoms with van der Waals surface area (Å²) < 4.78 is 7.09. The van der Waals surface area contributed by atoms with Crippen molar-refractivity contribution >= 4 is 16.8 Å². The molecule has 0 fully saturated rings. The predicted octanol–water partition coefficient (Wildman–Crippen LogP) is 3.03. The number of nitrogens with two attached hydrogens (primary N) is 1. The quantitative estimate of drug-likeness (QED) is 0.712. The Bertz CT molecular complexity index is 737. The van der Waals surface area contributed by atoms with Crippen LogP contribution in [0.4, 0.5) is 5.88 Å². The predicted molar refractivity (Wildman–Crippen MR) is 72.3 cm³/mol. The van der Waals surface area contributed by atoms with Crippen LogP contribution in [0.3, 0.4) is 0 Å². The molecule has 4 heteroatoms. The van der Waals surface area contributed by atoms with Gasteiger partial charge in [-0.2, -0.15) is 0 Å². The van der Waals surface area contributed by atoms with Crippen molar-refractivity contribution in [1.82, 2.24) is 9.72 Å². The highest BCUT2D eigenvalue weighted by Gasteiger charge is 2.15. The number of rotatable bonds is 1. The lowest BCUT2D eigenvalue weighted by Crippen LogP contribution is -1.88. The number of benzene rings is 1. The number of hydrogen-bond acceptors (Lipinski definition) is 3. The van der Waals surface area contributed by atoms with Crippen molar-refractivity contribution in [2.24, 2.45) is 7.05 Å². The minimum atomic E-state index is 0.340. The minimum absolute atomic E-state index is 0.340. The van der Waals surface area contributed by atoms with E-state index in [1.54, 1.807) is 6.07 Å².